The number of hydrogen-bond acceptors (Lipinski definition) is 4. The second-order valence-electron chi connectivity index (χ2n) is 26.9. The quantitative estimate of drug-likeness (QED) is 0.0578. The Morgan fingerprint density at radius 3 is 1.82 bits per heavy atom. The Morgan fingerprint density at radius 1 is 0.627 bits per heavy atom. The van der Waals surface area contributed by atoms with E-state index in [1.807, 2.05) is 0 Å². The van der Waals surface area contributed by atoms with E-state index >= 15 is 0 Å². The Hall–Kier alpha value is -0.420. The first-order valence-corrected chi connectivity index (χ1v) is 30.4. The molecule has 0 radical (unpaired) electrons. The summed E-state index contributed by atoms with van der Waals surface area (Å²) >= 11 is 0. The summed E-state index contributed by atoms with van der Waals surface area (Å²) in [5.74, 6) is 10.1. The van der Waals surface area contributed by atoms with Gasteiger partial charge in [0, 0.05) is 31.9 Å². The number of fused-ring (bicyclic) bond motifs is 5. The van der Waals surface area contributed by atoms with Gasteiger partial charge in [-0.05, 0) is 178 Å². The van der Waals surface area contributed by atoms with Crippen molar-refractivity contribution in [1.29, 1.82) is 0 Å². The summed E-state index contributed by atoms with van der Waals surface area (Å²) in [6.45, 7) is 34.6. The van der Waals surface area contributed by atoms with E-state index in [1.54, 1.807) is 5.57 Å². The standard InChI is InChI=1S/C63H115NO3/c1-13-14-19-37-65-43-52(64(60-40-48(8)25-28-54(60)46(4)5)61-41-49(9)26-29-55(61)47(6)7)44-66-38-20-17-15-16-18-21-39-67-53-33-35-62(11)51(42-53)27-30-56-58-32-31-57(50(10)24-22-23-45(2)3)63(58,12)36-34-59(56)62/h27,45-50,52-61H,13-26,28-44H2,1-12H3/t48?,49?,50-,52+,53+,54?,55?,56?,57-,58?,59?,60?,61?,62+,63-/m1/s1. The van der Waals surface area contributed by atoms with E-state index in [0.717, 1.165) is 104 Å². The summed E-state index contributed by atoms with van der Waals surface area (Å²) in [5, 5.41) is 0. The second-order valence-corrected chi connectivity index (χ2v) is 26.9. The monoisotopic (exact) mass is 934 g/mol. The zero-order valence-electron chi connectivity index (χ0n) is 46.9. The molecule has 4 heteroatoms. The highest BCUT2D eigenvalue weighted by molar-refractivity contribution is 5.25. The van der Waals surface area contributed by atoms with Gasteiger partial charge < -0.3 is 14.2 Å². The summed E-state index contributed by atoms with van der Waals surface area (Å²) in [7, 11) is 0. The molecule has 390 valence electrons. The fraction of sp³-hybridized carbons (Fsp3) is 0.968. The second kappa shape index (κ2) is 27.0. The molecule has 0 heterocycles. The van der Waals surface area contributed by atoms with E-state index in [4.69, 9.17) is 14.2 Å². The first kappa shape index (κ1) is 55.9. The smallest absolute Gasteiger partial charge is 0.0644 e. The van der Waals surface area contributed by atoms with Gasteiger partial charge in [-0.25, -0.2) is 0 Å². The molecule has 4 nitrogen and oxygen atoms in total. The summed E-state index contributed by atoms with van der Waals surface area (Å²) in [6.07, 6.45) is 38.2. The average molecular weight is 935 g/mol. The van der Waals surface area contributed by atoms with Crippen molar-refractivity contribution in [2.75, 3.05) is 33.0 Å². The third-order valence-corrected chi connectivity index (χ3v) is 21.0. The number of hydrogen-bond donors (Lipinski definition) is 0. The lowest BCUT2D eigenvalue weighted by Crippen LogP contribution is -2.61. The summed E-state index contributed by atoms with van der Waals surface area (Å²) in [6, 6.07) is 1.62. The van der Waals surface area contributed by atoms with Crippen molar-refractivity contribution in [3.05, 3.63) is 11.6 Å². The Kier molecular flexibility index (Phi) is 22.6. The van der Waals surface area contributed by atoms with Crippen LogP contribution in [0.15, 0.2) is 11.6 Å². The molecule has 6 rings (SSSR count). The van der Waals surface area contributed by atoms with E-state index in [-0.39, 0.29) is 0 Å². The Balaban J connectivity index is 0.920. The van der Waals surface area contributed by atoms with Crippen LogP contribution in [0.1, 0.15) is 250 Å². The molecule has 0 bridgehead atoms. The molecule has 0 saturated heterocycles. The maximum Gasteiger partial charge on any atom is 0.0644 e. The van der Waals surface area contributed by atoms with Crippen molar-refractivity contribution in [2.24, 2.45) is 81.8 Å². The van der Waals surface area contributed by atoms with Gasteiger partial charge in [0.1, 0.15) is 0 Å². The molecule has 0 aromatic carbocycles. The van der Waals surface area contributed by atoms with Gasteiger partial charge in [0.2, 0.25) is 0 Å². The minimum absolute atomic E-state index is 0.348. The van der Waals surface area contributed by atoms with Crippen LogP contribution in [0.5, 0.6) is 0 Å². The minimum Gasteiger partial charge on any atom is -0.380 e. The molecule has 6 aliphatic rings. The maximum atomic E-state index is 6.77. The zero-order chi connectivity index (χ0) is 48.1. The largest absolute Gasteiger partial charge is 0.380 e. The van der Waals surface area contributed by atoms with E-state index in [9.17, 15) is 0 Å². The van der Waals surface area contributed by atoms with Crippen LogP contribution in [-0.4, -0.2) is 62.2 Å². The molecular formula is C63H115NO3. The van der Waals surface area contributed by atoms with Gasteiger partial charge >= 0.3 is 0 Å². The van der Waals surface area contributed by atoms with Crippen molar-refractivity contribution in [3.63, 3.8) is 0 Å². The van der Waals surface area contributed by atoms with E-state index < -0.39 is 0 Å². The van der Waals surface area contributed by atoms with Gasteiger partial charge in [0.15, 0.2) is 0 Å². The molecule has 67 heavy (non-hydrogen) atoms. The third kappa shape index (κ3) is 14.6. The van der Waals surface area contributed by atoms with Crippen molar-refractivity contribution in [3.8, 4) is 0 Å². The van der Waals surface area contributed by atoms with Gasteiger partial charge in [0.25, 0.3) is 0 Å². The first-order chi connectivity index (χ1) is 32.2. The average Bonchev–Trinajstić information content (AvgIpc) is 3.65. The Bertz CT molecular complexity index is 1390. The molecule has 5 saturated carbocycles. The molecule has 0 N–H and O–H groups in total. The fourth-order valence-corrected chi connectivity index (χ4v) is 16.9. The van der Waals surface area contributed by atoms with E-state index in [1.165, 1.54) is 167 Å². The molecule has 0 spiro atoms. The van der Waals surface area contributed by atoms with E-state index in [2.05, 4.69) is 94.1 Å². The lowest BCUT2D eigenvalue weighted by Gasteiger charge is -2.58. The van der Waals surface area contributed by atoms with Crippen LogP contribution in [0, 0.1) is 81.8 Å². The molecule has 15 atom stereocenters. The highest BCUT2D eigenvalue weighted by atomic mass is 16.5. The molecule has 5 fully saturated rings. The normalized spacial score (nSPS) is 36.6. The number of nitrogens with zero attached hydrogens (tertiary/aromatic N) is 1. The van der Waals surface area contributed by atoms with Gasteiger partial charge in [-0.2, -0.15) is 0 Å². The molecular weight excluding hydrogens is 819 g/mol. The number of allylic oxidation sites excluding steroid dienone is 1. The third-order valence-electron chi connectivity index (χ3n) is 21.0. The van der Waals surface area contributed by atoms with Gasteiger partial charge in [0.05, 0.1) is 25.4 Å². The van der Waals surface area contributed by atoms with E-state index in [0.29, 0.717) is 35.1 Å². The SMILES string of the molecule is CCCCCOC[C@@H](COCCCCCCCCO[C@H]1CC[C@@]2(C)C(=CCC3C2CC[C@@]2(C)C3CC[C@@H]2[C@H](C)CCCC(C)C)C1)N(C1CC(C)CCC1C(C)C)C1CC(C)CCC1C(C)C. The highest BCUT2D eigenvalue weighted by Gasteiger charge is 2.59. The summed E-state index contributed by atoms with van der Waals surface area (Å²) < 4.78 is 20.1. The van der Waals surface area contributed by atoms with Crippen molar-refractivity contribution in [2.45, 2.75) is 274 Å². The van der Waals surface area contributed by atoms with Crippen LogP contribution in [0.25, 0.3) is 0 Å². The number of ether oxygens (including phenoxy) is 3. The van der Waals surface area contributed by atoms with Crippen molar-refractivity contribution >= 4 is 0 Å². The number of unbranched alkanes of at least 4 members (excludes halogenated alkanes) is 7. The number of rotatable bonds is 28. The lowest BCUT2D eigenvalue weighted by atomic mass is 9.47. The maximum absolute atomic E-state index is 6.77. The Morgan fingerprint density at radius 2 is 1.22 bits per heavy atom. The molecule has 0 aromatic heterocycles. The van der Waals surface area contributed by atoms with Crippen LogP contribution in [0.4, 0.5) is 0 Å². The molecule has 0 aromatic rings. The molecule has 6 aliphatic carbocycles. The zero-order valence-corrected chi connectivity index (χ0v) is 46.9. The van der Waals surface area contributed by atoms with Crippen LogP contribution in [-0.2, 0) is 14.2 Å². The van der Waals surface area contributed by atoms with Crippen LogP contribution >= 0.6 is 0 Å². The highest BCUT2D eigenvalue weighted by Crippen LogP contribution is 2.67. The minimum atomic E-state index is 0.348. The van der Waals surface area contributed by atoms with Crippen LogP contribution < -0.4 is 0 Å². The van der Waals surface area contributed by atoms with Crippen LogP contribution in [0.3, 0.4) is 0 Å². The molecule has 0 aliphatic heterocycles. The Labute approximate surface area is 418 Å². The summed E-state index contributed by atoms with van der Waals surface area (Å²) in [5.41, 5.74) is 2.79. The van der Waals surface area contributed by atoms with Crippen molar-refractivity contribution < 1.29 is 14.2 Å². The molecule has 0 amide bonds. The predicted octanol–water partition coefficient (Wildman–Crippen LogP) is 17.6. The summed E-state index contributed by atoms with van der Waals surface area (Å²) in [4.78, 5) is 3.10. The fourth-order valence-electron chi connectivity index (χ4n) is 16.9. The van der Waals surface area contributed by atoms with Gasteiger partial charge in [-0.3, -0.25) is 4.90 Å². The van der Waals surface area contributed by atoms with Gasteiger partial charge in [-0.1, -0.05) is 165 Å². The predicted molar refractivity (Wildman–Crippen MR) is 288 cm³/mol. The van der Waals surface area contributed by atoms with Gasteiger partial charge in [-0.15, -0.1) is 0 Å². The lowest BCUT2D eigenvalue weighted by molar-refractivity contribution is -0.0909. The molecule has 9 unspecified atom stereocenters. The topological polar surface area (TPSA) is 30.9 Å². The van der Waals surface area contributed by atoms with Crippen LogP contribution in [0.2, 0.25) is 0 Å². The first-order valence-electron chi connectivity index (χ1n) is 30.4. The van der Waals surface area contributed by atoms with Crippen molar-refractivity contribution in [1.82, 2.24) is 4.90 Å².